The topological polar surface area (TPSA) is 78.3 Å². The quantitative estimate of drug-likeness (QED) is 0.423. The van der Waals surface area contributed by atoms with Crippen molar-refractivity contribution in [1.82, 2.24) is 14.8 Å². The highest BCUT2D eigenvalue weighted by Gasteiger charge is 2.37. The Labute approximate surface area is 207 Å². The number of hydrogen-bond acceptors (Lipinski definition) is 7. The number of carbonyl (C=O) groups is 1. The molecule has 1 aliphatic heterocycles. The number of carbonyl (C=O) groups excluding carboxylic acids is 1. The van der Waals surface area contributed by atoms with E-state index in [0.29, 0.717) is 40.7 Å². The molecule has 0 bridgehead atoms. The van der Waals surface area contributed by atoms with Crippen LogP contribution in [0.1, 0.15) is 43.4 Å². The molecule has 0 amide bonds. The van der Waals surface area contributed by atoms with Crippen molar-refractivity contribution in [2.75, 3.05) is 18.2 Å². The maximum absolute atomic E-state index is 13.0. The molecule has 0 saturated heterocycles. The van der Waals surface area contributed by atoms with Crippen molar-refractivity contribution in [3.05, 3.63) is 69.9 Å². The summed E-state index contributed by atoms with van der Waals surface area (Å²) in [4.78, 5) is 17.7. The normalized spacial score (nSPS) is 17.1. The fraction of sp³-hybridized carbons (Fsp3) is 0.320. The van der Waals surface area contributed by atoms with E-state index in [1.165, 1.54) is 0 Å². The molecule has 2 aromatic carbocycles. The zero-order valence-electron chi connectivity index (χ0n) is 19.0. The number of ketones is 1. The Balaban J connectivity index is 1.52. The van der Waals surface area contributed by atoms with E-state index in [-0.39, 0.29) is 11.8 Å². The van der Waals surface area contributed by atoms with Gasteiger partial charge in [0.05, 0.1) is 7.11 Å². The summed E-state index contributed by atoms with van der Waals surface area (Å²) in [5.74, 6) is 2.85. The second-order valence-electron chi connectivity index (χ2n) is 8.08. The fourth-order valence-electron chi connectivity index (χ4n) is 4.38. The van der Waals surface area contributed by atoms with Gasteiger partial charge in [-0.25, -0.2) is 4.68 Å². The van der Waals surface area contributed by atoms with Gasteiger partial charge in [0.1, 0.15) is 12.6 Å². The van der Waals surface area contributed by atoms with E-state index < -0.39 is 0 Å². The number of nitrogens with one attached hydrogen (secondary N) is 1. The summed E-state index contributed by atoms with van der Waals surface area (Å²) in [6.45, 7) is 2.38. The van der Waals surface area contributed by atoms with E-state index in [0.717, 1.165) is 41.0 Å². The number of methoxy groups -OCH3 is 1. The van der Waals surface area contributed by atoms with Gasteiger partial charge in [-0.15, -0.1) is 5.10 Å². The van der Waals surface area contributed by atoms with E-state index in [1.54, 1.807) is 18.9 Å². The smallest absolute Gasteiger partial charge is 0.227 e. The molecule has 1 unspecified atom stereocenters. The third-order valence-electron chi connectivity index (χ3n) is 5.97. The van der Waals surface area contributed by atoms with Gasteiger partial charge >= 0.3 is 0 Å². The molecule has 34 heavy (non-hydrogen) atoms. The molecule has 2 heterocycles. The van der Waals surface area contributed by atoms with E-state index in [1.807, 2.05) is 47.1 Å². The SMILES string of the molecule is CCSc1nc2n(n1)C(c1ccc(OCc3ccccc3Cl)c(OC)c1)C1=C(CCCC1=O)N2. The zero-order valence-corrected chi connectivity index (χ0v) is 20.6. The van der Waals surface area contributed by atoms with E-state index in [2.05, 4.69) is 17.2 Å². The minimum absolute atomic E-state index is 0.141. The second kappa shape index (κ2) is 9.72. The molecule has 1 N–H and O–H groups in total. The van der Waals surface area contributed by atoms with Crippen LogP contribution in [0.4, 0.5) is 5.95 Å². The molecular formula is C25H25ClN4O3S. The van der Waals surface area contributed by atoms with Gasteiger partial charge in [0.25, 0.3) is 0 Å². The first-order valence-electron chi connectivity index (χ1n) is 11.3. The molecular weight excluding hydrogens is 472 g/mol. The largest absolute Gasteiger partial charge is 0.493 e. The van der Waals surface area contributed by atoms with Crippen LogP contribution in [-0.2, 0) is 11.4 Å². The average molecular weight is 497 g/mol. The Morgan fingerprint density at radius 1 is 1.21 bits per heavy atom. The van der Waals surface area contributed by atoms with Gasteiger partial charge in [-0.2, -0.15) is 4.98 Å². The van der Waals surface area contributed by atoms with Gasteiger partial charge in [0, 0.05) is 28.3 Å². The van der Waals surface area contributed by atoms with Crippen LogP contribution in [0.15, 0.2) is 58.9 Å². The molecule has 1 aliphatic carbocycles. The Morgan fingerprint density at radius 3 is 2.85 bits per heavy atom. The number of fused-ring (bicyclic) bond motifs is 1. The first kappa shape index (κ1) is 22.8. The second-order valence-corrected chi connectivity index (χ2v) is 9.72. The number of anilines is 1. The number of allylic oxidation sites excluding steroid dienone is 2. The highest BCUT2D eigenvalue weighted by atomic mass is 35.5. The number of rotatable bonds is 7. The molecule has 2 aliphatic rings. The molecule has 1 atom stereocenters. The molecule has 7 nitrogen and oxygen atoms in total. The van der Waals surface area contributed by atoms with Gasteiger partial charge < -0.3 is 14.8 Å². The lowest BCUT2D eigenvalue weighted by atomic mass is 9.85. The lowest BCUT2D eigenvalue weighted by Gasteiger charge is -2.32. The van der Waals surface area contributed by atoms with Crippen LogP contribution >= 0.6 is 23.4 Å². The number of benzene rings is 2. The van der Waals surface area contributed by atoms with Crippen molar-refractivity contribution in [3.63, 3.8) is 0 Å². The summed E-state index contributed by atoms with van der Waals surface area (Å²) in [6.07, 6.45) is 2.19. The molecule has 9 heteroatoms. The Bertz CT molecular complexity index is 1270. The summed E-state index contributed by atoms with van der Waals surface area (Å²) >= 11 is 7.84. The minimum Gasteiger partial charge on any atom is -0.493 e. The van der Waals surface area contributed by atoms with Crippen LogP contribution in [0.2, 0.25) is 5.02 Å². The van der Waals surface area contributed by atoms with Gasteiger partial charge in [-0.05, 0) is 42.4 Å². The molecule has 0 fully saturated rings. The molecule has 1 aromatic heterocycles. The Morgan fingerprint density at radius 2 is 2.06 bits per heavy atom. The van der Waals surface area contributed by atoms with Crippen molar-refractivity contribution in [1.29, 1.82) is 0 Å². The molecule has 0 saturated carbocycles. The average Bonchev–Trinajstić information content (AvgIpc) is 3.24. The lowest BCUT2D eigenvalue weighted by molar-refractivity contribution is -0.116. The number of thioether (sulfide) groups is 1. The molecule has 0 spiro atoms. The van der Waals surface area contributed by atoms with Crippen molar-refractivity contribution in [2.45, 2.75) is 44.0 Å². The maximum Gasteiger partial charge on any atom is 0.227 e. The highest BCUT2D eigenvalue weighted by Crippen LogP contribution is 2.42. The zero-order chi connectivity index (χ0) is 23.7. The number of nitrogens with zero attached hydrogens (tertiary/aromatic N) is 3. The summed E-state index contributed by atoms with van der Waals surface area (Å²) in [6, 6.07) is 13.0. The van der Waals surface area contributed by atoms with Crippen molar-refractivity contribution in [3.8, 4) is 11.5 Å². The van der Waals surface area contributed by atoms with Crippen molar-refractivity contribution >= 4 is 35.1 Å². The Hall–Kier alpha value is -2.97. The van der Waals surface area contributed by atoms with Crippen LogP contribution in [0, 0.1) is 0 Å². The van der Waals surface area contributed by atoms with Crippen LogP contribution in [0.25, 0.3) is 0 Å². The fourth-order valence-corrected chi connectivity index (χ4v) is 5.12. The number of hydrogen-bond donors (Lipinski definition) is 1. The van der Waals surface area contributed by atoms with E-state index in [9.17, 15) is 4.79 Å². The number of ether oxygens (including phenoxy) is 2. The Kier molecular flexibility index (Phi) is 6.52. The van der Waals surface area contributed by atoms with Crippen molar-refractivity contribution in [2.24, 2.45) is 0 Å². The lowest BCUT2D eigenvalue weighted by Crippen LogP contribution is -2.31. The summed E-state index contributed by atoms with van der Waals surface area (Å²) < 4.78 is 13.5. The first-order valence-corrected chi connectivity index (χ1v) is 12.6. The standard InChI is InChI=1S/C25H25ClN4O3S/c1-3-34-25-28-24-27-18-9-6-10-19(31)22(18)23(30(24)29-25)15-11-12-20(21(13-15)32-2)33-14-16-7-4-5-8-17(16)26/h4-5,7-8,11-13,23H,3,6,9-10,14H2,1-2H3,(H,27,28,29). The highest BCUT2D eigenvalue weighted by molar-refractivity contribution is 7.99. The molecule has 0 radical (unpaired) electrons. The predicted octanol–water partition coefficient (Wildman–Crippen LogP) is 5.65. The van der Waals surface area contributed by atoms with Crippen LogP contribution < -0.4 is 14.8 Å². The predicted molar refractivity (Wildman–Crippen MR) is 133 cm³/mol. The van der Waals surface area contributed by atoms with Gasteiger partial charge in [0.2, 0.25) is 11.1 Å². The summed E-state index contributed by atoms with van der Waals surface area (Å²) in [7, 11) is 1.61. The van der Waals surface area contributed by atoms with Gasteiger partial charge in [0.15, 0.2) is 17.3 Å². The minimum atomic E-state index is -0.371. The van der Waals surface area contributed by atoms with Crippen LogP contribution in [0.5, 0.6) is 11.5 Å². The van der Waals surface area contributed by atoms with Crippen molar-refractivity contribution < 1.29 is 14.3 Å². The number of aromatic nitrogens is 3. The maximum atomic E-state index is 13.0. The summed E-state index contributed by atoms with van der Waals surface area (Å²) in [5.41, 5.74) is 3.48. The van der Waals surface area contributed by atoms with Gasteiger partial charge in [-0.3, -0.25) is 4.79 Å². The molecule has 176 valence electrons. The number of Topliss-reactive ketones (excluding diaryl/α,β-unsaturated/α-hetero) is 1. The van der Waals surface area contributed by atoms with E-state index >= 15 is 0 Å². The van der Waals surface area contributed by atoms with Crippen LogP contribution in [0.3, 0.4) is 0 Å². The molecule has 3 aromatic rings. The third kappa shape index (κ3) is 4.28. The first-order chi connectivity index (χ1) is 16.6. The van der Waals surface area contributed by atoms with Gasteiger partial charge in [-0.1, -0.05) is 54.6 Å². The van der Waals surface area contributed by atoms with E-state index in [4.69, 9.17) is 26.2 Å². The molecule has 5 rings (SSSR count). The third-order valence-corrected chi connectivity index (χ3v) is 7.06. The monoisotopic (exact) mass is 496 g/mol. The number of halogens is 1. The summed E-state index contributed by atoms with van der Waals surface area (Å²) in [5, 5.41) is 9.42. The van der Waals surface area contributed by atoms with Crippen LogP contribution in [-0.4, -0.2) is 33.4 Å².